The van der Waals surface area contributed by atoms with Crippen LogP contribution in [0.5, 0.6) is 0 Å². The summed E-state index contributed by atoms with van der Waals surface area (Å²) in [6, 6.07) is 0.257. The van der Waals surface area contributed by atoms with Gasteiger partial charge < -0.3 is 14.6 Å². The Bertz CT molecular complexity index is 1110. The van der Waals surface area contributed by atoms with Gasteiger partial charge in [0.05, 0.1) is 23.8 Å². The van der Waals surface area contributed by atoms with Gasteiger partial charge in [-0.1, -0.05) is 13.8 Å². The van der Waals surface area contributed by atoms with Crippen molar-refractivity contribution in [1.82, 2.24) is 35.1 Å². The zero-order valence-corrected chi connectivity index (χ0v) is 21.5. The molecular weight excluding hydrogens is 446 g/mol. The molecule has 190 valence electrons. The maximum Gasteiger partial charge on any atom is 0.257 e. The van der Waals surface area contributed by atoms with Crippen molar-refractivity contribution in [2.75, 3.05) is 26.2 Å². The molecule has 3 aliphatic rings. The summed E-state index contributed by atoms with van der Waals surface area (Å²) in [5.41, 5.74) is 2.42. The molecule has 0 bridgehead atoms. The molecule has 2 aromatic rings. The first kappa shape index (κ1) is 24.0. The third-order valence-electron chi connectivity index (χ3n) is 7.96. The van der Waals surface area contributed by atoms with E-state index in [1.165, 1.54) is 0 Å². The zero-order valence-electron chi connectivity index (χ0n) is 21.5. The summed E-state index contributed by atoms with van der Waals surface area (Å²) >= 11 is 0. The van der Waals surface area contributed by atoms with Crippen molar-refractivity contribution in [2.24, 2.45) is 12.5 Å². The van der Waals surface area contributed by atoms with Gasteiger partial charge in [-0.05, 0) is 51.4 Å². The Labute approximate surface area is 206 Å². The number of carbonyl (C=O) groups excluding carboxylic acids is 2. The molecule has 35 heavy (non-hydrogen) atoms. The maximum absolute atomic E-state index is 13.3. The molecule has 1 unspecified atom stereocenters. The number of hydrogen-bond acceptors (Lipinski definition) is 7. The van der Waals surface area contributed by atoms with Crippen LogP contribution in [0.15, 0.2) is 4.42 Å². The van der Waals surface area contributed by atoms with E-state index in [2.05, 4.69) is 25.5 Å². The van der Waals surface area contributed by atoms with Gasteiger partial charge in [0.1, 0.15) is 0 Å². The number of likely N-dealkylation sites (tertiary alicyclic amines) is 2. The van der Waals surface area contributed by atoms with E-state index in [9.17, 15) is 9.59 Å². The van der Waals surface area contributed by atoms with E-state index in [4.69, 9.17) is 4.42 Å². The van der Waals surface area contributed by atoms with Gasteiger partial charge in [0, 0.05) is 44.3 Å². The summed E-state index contributed by atoms with van der Waals surface area (Å²) in [6.07, 6.45) is 4.77. The summed E-state index contributed by atoms with van der Waals surface area (Å²) in [5, 5.41) is 16.1. The Balaban J connectivity index is 1.31. The predicted molar refractivity (Wildman–Crippen MR) is 129 cm³/mol. The number of aromatic nitrogens is 4. The van der Waals surface area contributed by atoms with Gasteiger partial charge in [0.15, 0.2) is 0 Å². The van der Waals surface area contributed by atoms with Crippen LogP contribution in [0.2, 0.25) is 0 Å². The number of nitrogens with one attached hydrogen (secondary N) is 1. The largest absolute Gasteiger partial charge is 0.423 e. The van der Waals surface area contributed by atoms with E-state index >= 15 is 0 Å². The highest BCUT2D eigenvalue weighted by Gasteiger charge is 2.49. The molecule has 2 aromatic heterocycles. The van der Waals surface area contributed by atoms with Crippen LogP contribution in [0.4, 0.5) is 0 Å². The van der Waals surface area contributed by atoms with Gasteiger partial charge in [0.2, 0.25) is 17.7 Å². The molecule has 3 fully saturated rings. The molecule has 2 amide bonds. The average Bonchev–Trinajstić information content (AvgIpc) is 3.24. The number of carbonyl (C=O) groups is 2. The highest BCUT2D eigenvalue weighted by atomic mass is 16.4. The quantitative estimate of drug-likeness (QED) is 0.672. The van der Waals surface area contributed by atoms with Crippen LogP contribution in [-0.4, -0.2) is 73.8 Å². The van der Waals surface area contributed by atoms with Crippen LogP contribution in [0.3, 0.4) is 0 Å². The SMILES string of the molecule is Cc1nn(C)c(C)c1C(=O)N1CCC2(CC1)CC(c1nnc(C(C)C)o1)N(CC(=O)NC1CC1)C2. The van der Waals surface area contributed by atoms with Crippen molar-refractivity contribution in [1.29, 1.82) is 0 Å². The molecule has 1 atom stereocenters. The lowest BCUT2D eigenvalue weighted by molar-refractivity contribution is -0.122. The summed E-state index contributed by atoms with van der Waals surface area (Å²) in [7, 11) is 1.87. The Morgan fingerprint density at radius 3 is 2.46 bits per heavy atom. The molecule has 4 heterocycles. The Morgan fingerprint density at radius 2 is 1.89 bits per heavy atom. The van der Waals surface area contributed by atoms with Crippen LogP contribution < -0.4 is 5.32 Å². The number of piperidine rings is 1. The van der Waals surface area contributed by atoms with E-state index in [1.807, 2.05) is 39.6 Å². The molecule has 0 aromatic carbocycles. The highest BCUT2D eigenvalue weighted by molar-refractivity contribution is 5.96. The lowest BCUT2D eigenvalue weighted by Crippen LogP contribution is -2.45. The third kappa shape index (κ3) is 4.72. The van der Waals surface area contributed by atoms with Crippen molar-refractivity contribution >= 4 is 11.8 Å². The van der Waals surface area contributed by atoms with Gasteiger partial charge in [-0.3, -0.25) is 19.2 Å². The highest BCUT2D eigenvalue weighted by Crippen LogP contribution is 2.49. The lowest BCUT2D eigenvalue weighted by atomic mass is 9.76. The Kier molecular flexibility index (Phi) is 6.19. The van der Waals surface area contributed by atoms with Gasteiger partial charge in [-0.15, -0.1) is 10.2 Å². The molecule has 2 aliphatic heterocycles. The van der Waals surface area contributed by atoms with Gasteiger partial charge in [-0.25, -0.2) is 0 Å². The van der Waals surface area contributed by atoms with E-state index in [1.54, 1.807) is 4.68 Å². The van der Waals surface area contributed by atoms with E-state index in [0.717, 1.165) is 55.6 Å². The minimum Gasteiger partial charge on any atom is -0.423 e. The standard InChI is InChI=1S/C25H37N7O3/c1-15(2)22-27-28-23(35-22)19-12-25(14-32(19)13-20(33)26-18-6-7-18)8-10-31(11-9-25)24(34)21-16(3)29-30(5)17(21)4/h15,18-19H,6-14H2,1-5H3,(H,26,33). The second kappa shape index (κ2) is 9.04. The molecule has 0 radical (unpaired) electrons. The third-order valence-corrected chi connectivity index (χ3v) is 7.96. The number of nitrogens with zero attached hydrogens (tertiary/aromatic N) is 6. The summed E-state index contributed by atoms with van der Waals surface area (Å²) in [4.78, 5) is 30.2. The van der Waals surface area contributed by atoms with E-state index < -0.39 is 0 Å². The zero-order chi connectivity index (χ0) is 24.9. The van der Waals surface area contributed by atoms with Crippen molar-refractivity contribution in [3.05, 3.63) is 28.7 Å². The molecule has 2 saturated heterocycles. The molecular formula is C25H37N7O3. The number of rotatable bonds is 6. The minimum absolute atomic E-state index is 0.0206. The fraction of sp³-hybridized carbons (Fsp3) is 0.720. The van der Waals surface area contributed by atoms with Crippen molar-refractivity contribution in [3.8, 4) is 0 Å². The van der Waals surface area contributed by atoms with Gasteiger partial charge in [0.25, 0.3) is 5.91 Å². The normalized spacial score (nSPS) is 22.3. The number of amides is 2. The fourth-order valence-corrected chi connectivity index (χ4v) is 5.64. The molecule has 10 nitrogen and oxygen atoms in total. The van der Waals surface area contributed by atoms with Gasteiger partial charge >= 0.3 is 0 Å². The van der Waals surface area contributed by atoms with Crippen molar-refractivity contribution in [2.45, 2.75) is 77.8 Å². The first-order valence-electron chi connectivity index (χ1n) is 12.8. The minimum atomic E-state index is -0.0787. The Hall–Kier alpha value is -2.75. The molecule has 10 heteroatoms. The fourth-order valence-electron chi connectivity index (χ4n) is 5.64. The van der Waals surface area contributed by atoms with Crippen LogP contribution in [0, 0.1) is 19.3 Å². The molecule has 1 spiro atoms. The van der Waals surface area contributed by atoms with Crippen LogP contribution in [-0.2, 0) is 11.8 Å². The van der Waals surface area contributed by atoms with Crippen molar-refractivity contribution < 1.29 is 14.0 Å². The number of hydrogen-bond donors (Lipinski definition) is 1. The van der Waals surface area contributed by atoms with Crippen LogP contribution in [0.25, 0.3) is 0 Å². The van der Waals surface area contributed by atoms with E-state index in [-0.39, 0.29) is 29.2 Å². The average molecular weight is 484 g/mol. The summed E-state index contributed by atoms with van der Waals surface area (Å²) in [6.45, 7) is 10.4. The maximum atomic E-state index is 13.3. The second-order valence-corrected chi connectivity index (χ2v) is 11.1. The molecule has 1 aliphatic carbocycles. The van der Waals surface area contributed by atoms with Gasteiger partial charge in [-0.2, -0.15) is 5.10 Å². The summed E-state index contributed by atoms with van der Waals surface area (Å²) in [5.74, 6) is 1.52. The first-order chi connectivity index (χ1) is 16.7. The first-order valence-corrected chi connectivity index (χ1v) is 12.8. The monoisotopic (exact) mass is 483 g/mol. The van der Waals surface area contributed by atoms with E-state index in [0.29, 0.717) is 37.5 Å². The lowest BCUT2D eigenvalue weighted by Gasteiger charge is -2.39. The molecule has 5 rings (SSSR count). The molecule has 1 saturated carbocycles. The molecule has 1 N–H and O–H groups in total. The topological polar surface area (TPSA) is 109 Å². The van der Waals surface area contributed by atoms with Crippen LogP contribution in [0.1, 0.15) is 91.4 Å². The number of aryl methyl sites for hydroxylation is 2. The smallest absolute Gasteiger partial charge is 0.257 e. The predicted octanol–water partition coefficient (Wildman–Crippen LogP) is 2.49. The second-order valence-electron chi connectivity index (χ2n) is 11.1. The Morgan fingerprint density at radius 1 is 1.17 bits per heavy atom. The van der Waals surface area contributed by atoms with Crippen LogP contribution >= 0.6 is 0 Å². The summed E-state index contributed by atoms with van der Waals surface area (Å²) < 4.78 is 7.82. The van der Waals surface area contributed by atoms with Crippen molar-refractivity contribution in [3.63, 3.8) is 0 Å².